The van der Waals surface area contributed by atoms with Gasteiger partial charge < -0.3 is 9.53 Å². The Balaban J connectivity index is 1.99. The summed E-state index contributed by atoms with van der Waals surface area (Å²) in [4.78, 5) is 11.3. The minimum Gasteiger partial charge on any atom is -0.358 e. The molecule has 0 saturated carbocycles. The van der Waals surface area contributed by atoms with Crippen LogP contribution in [-0.2, 0) is 16.0 Å². The van der Waals surface area contributed by atoms with Crippen LogP contribution in [0.1, 0.15) is 28.9 Å². The van der Waals surface area contributed by atoms with Gasteiger partial charge in [0.05, 0.1) is 6.10 Å². The number of halogens is 2. The van der Waals surface area contributed by atoms with E-state index in [0.29, 0.717) is 16.5 Å². The molecule has 2 aromatic rings. The van der Waals surface area contributed by atoms with Crippen molar-refractivity contribution in [3.8, 4) is 0 Å². The Labute approximate surface area is 127 Å². The van der Waals surface area contributed by atoms with E-state index in [-0.39, 0.29) is 6.10 Å². The molecule has 1 aliphatic rings. The lowest BCUT2D eigenvalue weighted by Crippen LogP contribution is -2.21. The van der Waals surface area contributed by atoms with Crippen molar-refractivity contribution in [2.45, 2.75) is 18.6 Å². The highest BCUT2D eigenvalue weighted by Gasteiger charge is 2.28. The van der Waals surface area contributed by atoms with Crippen LogP contribution in [-0.4, -0.2) is 6.29 Å². The molecule has 2 aromatic carbocycles. The molecule has 0 fully saturated rings. The van der Waals surface area contributed by atoms with Crippen molar-refractivity contribution in [1.82, 2.24) is 0 Å². The first kappa shape index (κ1) is 13.6. The molecule has 0 amide bonds. The Morgan fingerprint density at radius 3 is 2.65 bits per heavy atom. The first-order chi connectivity index (χ1) is 9.67. The number of ether oxygens (including phenoxy) is 1. The van der Waals surface area contributed by atoms with Crippen LogP contribution >= 0.6 is 23.2 Å². The second-order valence-electron chi connectivity index (χ2n) is 4.78. The van der Waals surface area contributed by atoms with Gasteiger partial charge in [-0.1, -0.05) is 41.4 Å². The fourth-order valence-electron chi connectivity index (χ4n) is 2.52. The maximum absolute atomic E-state index is 11.3. The monoisotopic (exact) mass is 306 g/mol. The summed E-state index contributed by atoms with van der Waals surface area (Å²) < 4.78 is 5.87. The van der Waals surface area contributed by atoms with Crippen molar-refractivity contribution in [2.24, 2.45) is 0 Å². The largest absolute Gasteiger partial charge is 0.358 e. The van der Waals surface area contributed by atoms with E-state index in [1.165, 1.54) is 0 Å². The summed E-state index contributed by atoms with van der Waals surface area (Å²) in [7, 11) is 0. The first-order valence-corrected chi connectivity index (χ1v) is 7.07. The van der Waals surface area contributed by atoms with Gasteiger partial charge in [-0.3, -0.25) is 0 Å². The average molecular weight is 307 g/mol. The summed E-state index contributed by atoms with van der Waals surface area (Å²) in [6.45, 7) is 0. The van der Waals surface area contributed by atoms with E-state index < -0.39 is 6.10 Å². The average Bonchev–Trinajstić information content (AvgIpc) is 2.46. The molecule has 0 radical (unpaired) electrons. The molecule has 3 rings (SSSR count). The molecular weight excluding hydrogens is 295 g/mol. The van der Waals surface area contributed by atoms with Crippen molar-refractivity contribution in [3.05, 3.63) is 69.2 Å². The second-order valence-corrected chi connectivity index (χ2v) is 5.66. The minimum absolute atomic E-state index is 0.169. The third-order valence-corrected chi connectivity index (χ3v) is 3.94. The molecule has 2 atom stereocenters. The van der Waals surface area contributed by atoms with E-state index in [2.05, 4.69) is 0 Å². The lowest BCUT2D eigenvalue weighted by molar-refractivity contribution is -0.124. The van der Waals surface area contributed by atoms with Gasteiger partial charge in [0, 0.05) is 16.5 Å². The zero-order chi connectivity index (χ0) is 14.1. The highest BCUT2D eigenvalue weighted by molar-refractivity contribution is 6.31. The first-order valence-electron chi connectivity index (χ1n) is 6.32. The third-order valence-electron chi connectivity index (χ3n) is 3.47. The molecule has 0 bridgehead atoms. The van der Waals surface area contributed by atoms with E-state index in [1.54, 1.807) is 6.07 Å². The Bertz CT molecular complexity index is 655. The summed E-state index contributed by atoms with van der Waals surface area (Å²) in [6, 6.07) is 13.1. The van der Waals surface area contributed by atoms with Crippen LogP contribution in [0.5, 0.6) is 0 Å². The molecule has 0 saturated heterocycles. The van der Waals surface area contributed by atoms with Crippen molar-refractivity contribution < 1.29 is 9.53 Å². The predicted octanol–water partition coefficient (Wildman–Crippen LogP) is 4.55. The standard InChI is InChI=1S/C16H12Cl2O2/c17-12-3-1-2-11(6-12)15-7-10-4-5-13(18)8-14(10)16(9-19)20-15/h1-6,8-9,15-16H,7H2. The summed E-state index contributed by atoms with van der Waals surface area (Å²) in [6.07, 6.45) is 0.766. The van der Waals surface area contributed by atoms with Crippen molar-refractivity contribution in [1.29, 1.82) is 0 Å². The van der Waals surface area contributed by atoms with Gasteiger partial charge in [-0.25, -0.2) is 0 Å². The van der Waals surface area contributed by atoms with E-state index in [1.807, 2.05) is 36.4 Å². The number of carbonyl (C=O) groups is 1. The van der Waals surface area contributed by atoms with Gasteiger partial charge in [-0.2, -0.15) is 0 Å². The van der Waals surface area contributed by atoms with Crippen molar-refractivity contribution in [2.75, 3.05) is 0 Å². The Kier molecular flexibility index (Phi) is 3.79. The molecule has 0 aromatic heterocycles. The molecule has 1 aliphatic heterocycles. The molecule has 102 valence electrons. The van der Waals surface area contributed by atoms with Crippen molar-refractivity contribution >= 4 is 29.5 Å². The van der Waals surface area contributed by atoms with Crippen LogP contribution in [0.15, 0.2) is 42.5 Å². The van der Waals surface area contributed by atoms with E-state index in [0.717, 1.165) is 23.0 Å². The lowest BCUT2D eigenvalue weighted by atomic mass is 9.92. The molecular formula is C16H12Cl2O2. The second kappa shape index (κ2) is 5.57. The zero-order valence-corrected chi connectivity index (χ0v) is 12.1. The smallest absolute Gasteiger partial charge is 0.153 e. The number of fused-ring (bicyclic) bond motifs is 1. The number of rotatable bonds is 2. The number of aldehydes is 1. The number of benzene rings is 2. The minimum atomic E-state index is -0.582. The van der Waals surface area contributed by atoms with Gasteiger partial charge in [0.15, 0.2) is 6.29 Å². The fourth-order valence-corrected chi connectivity index (χ4v) is 2.90. The Hall–Kier alpha value is -1.35. The normalized spacial score (nSPS) is 21.3. The molecule has 2 unspecified atom stereocenters. The summed E-state index contributed by atoms with van der Waals surface area (Å²) in [5, 5.41) is 1.27. The van der Waals surface area contributed by atoms with Gasteiger partial charge in [0.2, 0.25) is 0 Å². The topological polar surface area (TPSA) is 26.3 Å². The molecule has 20 heavy (non-hydrogen) atoms. The molecule has 2 nitrogen and oxygen atoms in total. The number of hydrogen-bond acceptors (Lipinski definition) is 2. The molecule has 1 heterocycles. The maximum atomic E-state index is 11.3. The molecule has 4 heteroatoms. The van der Waals surface area contributed by atoms with E-state index in [4.69, 9.17) is 27.9 Å². The van der Waals surface area contributed by atoms with Crippen LogP contribution in [0.3, 0.4) is 0 Å². The van der Waals surface area contributed by atoms with E-state index in [9.17, 15) is 4.79 Å². The Morgan fingerprint density at radius 1 is 1.10 bits per heavy atom. The van der Waals surface area contributed by atoms with Gasteiger partial charge >= 0.3 is 0 Å². The van der Waals surface area contributed by atoms with Gasteiger partial charge in [0.1, 0.15) is 6.10 Å². The molecule has 0 spiro atoms. The molecule has 0 aliphatic carbocycles. The maximum Gasteiger partial charge on any atom is 0.153 e. The number of carbonyl (C=O) groups excluding carboxylic acids is 1. The summed E-state index contributed by atoms with van der Waals surface area (Å²) in [5.41, 5.74) is 2.92. The van der Waals surface area contributed by atoms with Crippen LogP contribution in [0, 0.1) is 0 Å². The lowest BCUT2D eigenvalue weighted by Gasteiger charge is -2.30. The zero-order valence-electron chi connectivity index (χ0n) is 10.6. The fraction of sp³-hybridized carbons (Fsp3) is 0.188. The quantitative estimate of drug-likeness (QED) is 0.761. The van der Waals surface area contributed by atoms with Crippen LogP contribution in [0.25, 0.3) is 0 Å². The summed E-state index contributed by atoms with van der Waals surface area (Å²) >= 11 is 12.0. The number of hydrogen-bond donors (Lipinski definition) is 0. The van der Waals surface area contributed by atoms with Gasteiger partial charge in [0.25, 0.3) is 0 Å². The predicted molar refractivity (Wildman–Crippen MR) is 79.2 cm³/mol. The molecule has 0 N–H and O–H groups in total. The highest BCUT2D eigenvalue weighted by atomic mass is 35.5. The summed E-state index contributed by atoms with van der Waals surface area (Å²) in [5.74, 6) is 0. The Morgan fingerprint density at radius 2 is 1.90 bits per heavy atom. The van der Waals surface area contributed by atoms with Gasteiger partial charge in [-0.15, -0.1) is 0 Å². The highest BCUT2D eigenvalue weighted by Crippen LogP contribution is 2.38. The van der Waals surface area contributed by atoms with Crippen molar-refractivity contribution in [3.63, 3.8) is 0 Å². The van der Waals surface area contributed by atoms with E-state index >= 15 is 0 Å². The SMILES string of the molecule is O=CC1OC(c2cccc(Cl)c2)Cc2ccc(Cl)cc21. The van der Waals surface area contributed by atoms with Gasteiger partial charge in [-0.05, 0) is 41.0 Å². The van der Waals surface area contributed by atoms with Crippen LogP contribution in [0.4, 0.5) is 0 Å². The van der Waals surface area contributed by atoms with Crippen LogP contribution < -0.4 is 0 Å². The third kappa shape index (κ3) is 2.59. The van der Waals surface area contributed by atoms with Crippen LogP contribution in [0.2, 0.25) is 10.0 Å².